The van der Waals surface area contributed by atoms with Crippen LogP contribution in [0, 0.1) is 23.4 Å². The minimum absolute atomic E-state index is 0.0794. The first kappa shape index (κ1) is 15.3. The monoisotopic (exact) mass is 276 g/mol. The molecule has 0 aliphatic heterocycles. The molecule has 1 atom stereocenters. The van der Waals surface area contributed by atoms with Crippen LogP contribution in [0.2, 0.25) is 0 Å². The third kappa shape index (κ3) is 3.39. The molecule has 0 saturated heterocycles. The highest BCUT2D eigenvalue weighted by atomic mass is 19.2. The zero-order valence-electron chi connectivity index (χ0n) is 10.9. The van der Waals surface area contributed by atoms with Crippen LogP contribution in [0.15, 0.2) is 6.07 Å². The van der Waals surface area contributed by atoms with Gasteiger partial charge in [-0.25, -0.2) is 13.6 Å². The summed E-state index contributed by atoms with van der Waals surface area (Å²) in [5, 5.41) is 0. The molecule has 0 radical (unpaired) electrons. The Labute approximate surface area is 109 Å². The maximum absolute atomic E-state index is 13.7. The first-order valence-electron chi connectivity index (χ1n) is 5.80. The molecule has 106 valence electrons. The zero-order valence-corrected chi connectivity index (χ0v) is 10.9. The number of esters is 1. The fraction of sp³-hybridized carbons (Fsp3) is 0.462. The largest absolute Gasteiger partial charge is 0.491 e. The number of halogens is 3. The second-order valence-electron chi connectivity index (χ2n) is 4.18. The third-order valence-corrected chi connectivity index (χ3v) is 2.74. The highest BCUT2D eigenvalue weighted by Gasteiger charge is 2.24. The number of hydrogen-bond acceptors (Lipinski definition) is 3. The van der Waals surface area contributed by atoms with Crippen LogP contribution in [0.1, 0.15) is 30.6 Å². The first-order valence-corrected chi connectivity index (χ1v) is 5.80. The molecule has 0 N–H and O–H groups in total. The van der Waals surface area contributed by atoms with Crippen molar-refractivity contribution in [2.45, 2.75) is 20.3 Å². The minimum Gasteiger partial charge on any atom is -0.491 e. The van der Waals surface area contributed by atoms with Crippen molar-refractivity contribution in [2.75, 3.05) is 13.7 Å². The molecule has 1 aromatic carbocycles. The van der Waals surface area contributed by atoms with Gasteiger partial charge in [0.2, 0.25) is 5.82 Å². The normalized spacial score (nSPS) is 12.1. The molecule has 19 heavy (non-hydrogen) atoms. The van der Waals surface area contributed by atoms with Crippen molar-refractivity contribution >= 4 is 5.97 Å². The highest BCUT2D eigenvalue weighted by molar-refractivity contribution is 5.90. The smallest absolute Gasteiger partial charge is 0.341 e. The molecule has 0 heterocycles. The van der Waals surface area contributed by atoms with Crippen molar-refractivity contribution in [3.8, 4) is 5.75 Å². The highest BCUT2D eigenvalue weighted by Crippen LogP contribution is 2.27. The number of benzene rings is 1. The number of hydrogen-bond donors (Lipinski definition) is 0. The molecule has 1 unspecified atom stereocenters. The minimum atomic E-state index is -1.47. The lowest BCUT2D eigenvalue weighted by Gasteiger charge is -2.12. The van der Waals surface area contributed by atoms with Crippen LogP contribution in [0.25, 0.3) is 0 Å². The lowest BCUT2D eigenvalue weighted by Crippen LogP contribution is -2.14. The summed E-state index contributed by atoms with van der Waals surface area (Å²) in [6.45, 7) is 3.82. The molecule has 1 aromatic rings. The van der Waals surface area contributed by atoms with Crippen molar-refractivity contribution < 1.29 is 27.4 Å². The lowest BCUT2D eigenvalue weighted by molar-refractivity contribution is 0.0440. The van der Waals surface area contributed by atoms with Gasteiger partial charge in [0.25, 0.3) is 0 Å². The lowest BCUT2D eigenvalue weighted by atomic mass is 10.1. The molecule has 0 aliphatic rings. The van der Waals surface area contributed by atoms with Gasteiger partial charge in [-0.3, -0.25) is 0 Å². The molecule has 3 nitrogen and oxygen atoms in total. The van der Waals surface area contributed by atoms with Crippen LogP contribution in [0.3, 0.4) is 0 Å². The fourth-order valence-corrected chi connectivity index (χ4v) is 1.32. The summed E-state index contributed by atoms with van der Waals surface area (Å²) < 4.78 is 49.4. The summed E-state index contributed by atoms with van der Waals surface area (Å²) in [6.07, 6.45) is 0.775. The summed E-state index contributed by atoms with van der Waals surface area (Å²) >= 11 is 0. The summed E-state index contributed by atoms with van der Waals surface area (Å²) in [5.74, 6) is -5.99. The van der Waals surface area contributed by atoms with Crippen LogP contribution < -0.4 is 4.74 Å². The summed E-state index contributed by atoms with van der Waals surface area (Å²) in [5.41, 5.74) is -0.681. The Kier molecular flexibility index (Phi) is 5.20. The summed E-state index contributed by atoms with van der Waals surface area (Å²) in [7, 11) is 0.981. The van der Waals surface area contributed by atoms with Gasteiger partial charge in [-0.2, -0.15) is 4.39 Å². The van der Waals surface area contributed by atoms with Crippen LogP contribution in [0.5, 0.6) is 5.75 Å². The maximum Gasteiger partial charge on any atom is 0.341 e. The number of methoxy groups -OCH3 is 1. The van der Waals surface area contributed by atoms with Gasteiger partial charge in [0.1, 0.15) is 5.56 Å². The predicted molar refractivity (Wildman–Crippen MR) is 62.6 cm³/mol. The molecular formula is C13H15F3O3. The zero-order chi connectivity index (χ0) is 14.6. The molecule has 6 heteroatoms. The van der Waals surface area contributed by atoms with Gasteiger partial charge in [0.05, 0.1) is 13.7 Å². The van der Waals surface area contributed by atoms with Gasteiger partial charge in [0, 0.05) is 0 Å². The van der Waals surface area contributed by atoms with Gasteiger partial charge in [-0.05, 0) is 12.0 Å². The van der Waals surface area contributed by atoms with Gasteiger partial charge >= 0.3 is 5.97 Å². The number of carbonyl (C=O) groups is 1. The molecule has 0 saturated carbocycles. The van der Waals surface area contributed by atoms with Crippen molar-refractivity contribution in [3.63, 3.8) is 0 Å². The molecule has 0 amide bonds. The van der Waals surface area contributed by atoms with E-state index in [9.17, 15) is 18.0 Å². The average Bonchev–Trinajstić information content (AvgIpc) is 2.40. The van der Waals surface area contributed by atoms with Crippen molar-refractivity contribution in [1.82, 2.24) is 0 Å². The molecule has 0 aliphatic carbocycles. The quantitative estimate of drug-likeness (QED) is 0.611. The third-order valence-electron chi connectivity index (χ3n) is 2.74. The molecule has 0 fully saturated rings. The SMILES string of the molecule is CCC(C)COC(=O)c1cc(F)c(F)c(OC)c1F. The molecule has 0 spiro atoms. The maximum atomic E-state index is 13.7. The molecule has 0 aromatic heterocycles. The van der Waals surface area contributed by atoms with Crippen molar-refractivity contribution in [2.24, 2.45) is 5.92 Å². The van der Waals surface area contributed by atoms with E-state index in [1.807, 2.05) is 13.8 Å². The van der Waals surface area contributed by atoms with E-state index in [1.54, 1.807) is 0 Å². The van der Waals surface area contributed by atoms with E-state index in [-0.39, 0.29) is 12.5 Å². The van der Waals surface area contributed by atoms with E-state index < -0.39 is 34.7 Å². The van der Waals surface area contributed by atoms with Gasteiger partial charge in [0.15, 0.2) is 17.4 Å². The van der Waals surface area contributed by atoms with Gasteiger partial charge in [-0.1, -0.05) is 20.3 Å². The van der Waals surface area contributed by atoms with E-state index >= 15 is 0 Å². The average molecular weight is 276 g/mol. The van der Waals surface area contributed by atoms with Crippen LogP contribution in [-0.4, -0.2) is 19.7 Å². The van der Waals surface area contributed by atoms with E-state index in [1.165, 1.54) is 0 Å². The van der Waals surface area contributed by atoms with E-state index in [0.717, 1.165) is 13.5 Å². The van der Waals surface area contributed by atoms with Crippen LogP contribution in [-0.2, 0) is 4.74 Å². The van der Waals surface area contributed by atoms with E-state index in [0.29, 0.717) is 6.07 Å². The Balaban J connectivity index is 3.01. The van der Waals surface area contributed by atoms with Crippen molar-refractivity contribution in [3.05, 3.63) is 29.1 Å². The standard InChI is InChI=1S/C13H15F3O3/c1-4-7(2)6-19-13(17)8-5-9(14)11(16)12(18-3)10(8)15/h5,7H,4,6H2,1-3H3. The molecule has 0 bridgehead atoms. The Hall–Kier alpha value is -1.72. The van der Waals surface area contributed by atoms with Gasteiger partial charge in [-0.15, -0.1) is 0 Å². The van der Waals surface area contributed by atoms with Crippen LogP contribution in [0.4, 0.5) is 13.2 Å². The molecular weight excluding hydrogens is 261 g/mol. The Morgan fingerprint density at radius 2 is 1.95 bits per heavy atom. The number of rotatable bonds is 5. The molecule has 1 rings (SSSR count). The second-order valence-corrected chi connectivity index (χ2v) is 4.18. The first-order chi connectivity index (χ1) is 8.92. The summed E-state index contributed by atoms with van der Waals surface area (Å²) in [6, 6.07) is 0.464. The van der Waals surface area contributed by atoms with Crippen LogP contribution >= 0.6 is 0 Å². The summed E-state index contributed by atoms with van der Waals surface area (Å²) in [4.78, 5) is 11.6. The predicted octanol–water partition coefficient (Wildman–Crippen LogP) is 3.32. The Morgan fingerprint density at radius 1 is 1.32 bits per heavy atom. The van der Waals surface area contributed by atoms with E-state index in [2.05, 4.69) is 4.74 Å². The topological polar surface area (TPSA) is 35.5 Å². The Morgan fingerprint density at radius 3 is 2.47 bits per heavy atom. The fourth-order valence-electron chi connectivity index (χ4n) is 1.32. The number of ether oxygens (including phenoxy) is 2. The Bertz CT molecular complexity index is 475. The number of carbonyl (C=O) groups excluding carboxylic acids is 1. The second kappa shape index (κ2) is 6.45. The van der Waals surface area contributed by atoms with Gasteiger partial charge < -0.3 is 9.47 Å². The van der Waals surface area contributed by atoms with E-state index in [4.69, 9.17) is 4.74 Å². The van der Waals surface area contributed by atoms with Crippen molar-refractivity contribution in [1.29, 1.82) is 0 Å².